The van der Waals surface area contributed by atoms with E-state index in [1.807, 2.05) is 13.8 Å². The molecule has 1 aromatic carbocycles. The normalized spacial score (nSPS) is 19.1. The van der Waals surface area contributed by atoms with Crippen LogP contribution in [-0.2, 0) is 4.79 Å². The van der Waals surface area contributed by atoms with Crippen LogP contribution in [0.3, 0.4) is 0 Å². The van der Waals surface area contributed by atoms with Gasteiger partial charge in [0.2, 0.25) is 0 Å². The lowest BCUT2D eigenvalue weighted by Gasteiger charge is -2.29. The van der Waals surface area contributed by atoms with Crippen molar-refractivity contribution in [2.24, 2.45) is 5.41 Å². The number of carbonyl (C=O) groups is 1. The first kappa shape index (κ1) is 12.3. The molecular weight excluding hydrogens is 239 g/mol. The quantitative estimate of drug-likeness (QED) is 0.730. The van der Waals surface area contributed by atoms with Gasteiger partial charge in [-0.3, -0.25) is 4.79 Å². The van der Waals surface area contributed by atoms with Crippen molar-refractivity contribution < 1.29 is 9.18 Å². The molecule has 0 N–H and O–H groups in total. The van der Waals surface area contributed by atoms with Crippen LogP contribution in [0.15, 0.2) is 24.3 Å². The van der Waals surface area contributed by atoms with Gasteiger partial charge >= 0.3 is 0 Å². The lowest BCUT2D eigenvalue weighted by Crippen LogP contribution is -2.21. The molecule has 1 aliphatic carbocycles. The number of hydrogen-bond donors (Lipinski definition) is 0. The van der Waals surface area contributed by atoms with Crippen molar-refractivity contribution in [1.82, 2.24) is 0 Å². The van der Waals surface area contributed by atoms with Crippen LogP contribution in [0.4, 0.5) is 4.39 Å². The smallest absolute Gasteiger partial charge is 0.156 e. The molecule has 0 radical (unpaired) electrons. The Bertz CT molecular complexity index is 503. The summed E-state index contributed by atoms with van der Waals surface area (Å²) in [5.74, 6) is -0.306. The van der Waals surface area contributed by atoms with Gasteiger partial charge in [0.15, 0.2) is 5.78 Å². The van der Waals surface area contributed by atoms with E-state index in [2.05, 4.69) is 0 Å². The van der Waals surface area contributed by atoms with Crippen LogP contribution in [-0.4, -0.2) is 5.78 Å². The minimum Gasteiger partial charge on any atom is -0.295 e. The first-order valence-electron chi connectivity index (χ1n) is 5.56. The molecule has 0 saturated carbocycles. The van der Waals surface area contributed by atoms with Gasteiger partial charge in [0.25, 0.3) is 0 Å². The van der Waals surface area contributed by atoms with Crippen LogP contribution < -0.4 is 0 Å². The van der Waals surface area contributed by atoms with E-state index in [1.165, 1.54) is 6.07 Å². The van der Waals surface area contributed by atoms with Gasteiger partial charge in [0.1, 0.15) is 5.82 Å². The number of allylic oxidation sites excluding steroid dienone is 2. The zero-order valence-electron chi connectivity index (χ0n) is 9.89. The summed E-state index contributed by atoms with van der Waals surface area (Å²) in [5, 5.41) is 0.369. The number of halogens is 2. The molecule has 17 heavy (non-hydrogen) atoms. The molecule has 0 heterocycles. The van der Waals surface area contributed by atoms with E-state index >= 15 is 0 Å². The predicted octanol–water partition coefficient (Wildman–Crippen LogP) is 4.25. The first-order valence-corrected chi connectivity index (χ1v) is 5.94. The van der Waals surface area contributed by atoms with E-state index in [4.69, 9.17) is 11.6 Å². The molecule has 2 rings (SSSR count). The van der Waals surface area contributed by atoms with Gasteiger partial charge < -0.3 is 0 Å². The molecule has 3 heteroatoms. The molecular formula is C14H14ClFO. The number of hydrogen-bond acceptors (Lipinski definition) is 1. The second-order valence-corrected chi connectivity index (χ2v) is 5.71. The van der Waals surface area contributed by atoms with Gasteiger partial charge in [0, 0.05) is 17.0 Å². The molecule has 0 bridgehead atoms. The molecule has 1 nitrogen and oxygen atoms in total. The van der Waals surface area contributed by atoms with Crippen LogP contribution in [0, 0.1) is 11.2 Å². The largest absolute Gasteiger partial charge is 0.295 e. The summed E-state index contributed by atoms with van der Waals surface area (Å²) in [5.41, 5.74) is 1.14. The van der Waals surface area contributed by atoms with Gasteiger partial charge in [-0.2, -0.15) is 0 Å². The highest BCUT2D eigenvalue weighted by molar-refractivity contribution is 6.30. The monoisotopic (exact) mass is 252 g/mol. The van der Waals surface area contributed by atoms with Crippen molar-refractivity contribution in [3.05, 3.63) is 40.7 Å². The average molecular weight is 253 g/mol. The maximum Gasteiger partial charge on any atom is 0.156 e. The van der Waals surface area contributed by atoms with Crippen LogP contribution in [0.2, 0.25) is 5.02 Å². The number of carbonyl (C=O) groups excluding carboxylic acids is 1. The Hall–Kier alpha value is -1.15. The van der Waals surface area contributed by atoms with Crippen molar-refractivity contribution in [3.8, 4) is 0 Å². The molecule has 0 spiro atoms. The SMILES string of the molecule is CC1(C)CC(=O)C=C(c2ccc(Cl)cc2F)C1. The van der Waals surface area contributed by atoms with E-state index in [0.717, 1.165) is 5.57 Å². The summed E-state index contributed by atoms with van der Waals surface area (Å²) < 4.78 is 13.8. The van der Waals surface area contributed by atoms with Crippen LogP contribution in [0.25, 0.3) is 5.57 Å². The summed E-state index contributed by atoms with van der Waals surface area (Å²) in [4.78, 5) is 11.6. The standard InChI is InChI=1S/C14H14ClFO/c1-14(2)7-9(5-11(17)8-14)12-4-3-10(15)6-13(12)16/h3-6H,7-8H2,1-2H3. The summed E-state index contributed by atoms with van der Waals surface area (Å²) >= 11 is 5.71. The average Bonchev–Trinajstić information content (AvgIpc) is 2.13. The molecule has 90 valence electrons. The molecule has 0 atom stereocenters. The zero-order valence-corrected chi connectivity index (χ0v) is 10.6. The molecule has 0 saturated heterocycles. The maximum absolute atomic E-state index is 13.8. The Labute approximate surface area is 105 Å². The summed E-state index contributed by atoms with van der Waals surface area (Å²) in [7, 11) is 0. The van der Waals surface area contributed by atoms with E-state index in [-0.39, 0.29) is 17.0 Å². The van der Waals surface area contributed by atoms with E-state index in [1.54, 1.807) is 18.2 Å². The highest BCUT2D eigenvalue weighted by atomic mass is 35.5. The fourth-order valence-corrected chi connectivity index (χ4v) is 2.43. The first-order chi connectivity index (χ1) is 7.87. The second-order valence-electron chi connectivity index (χ2n) is 5.28. The van der Waals surface area contributed by atoms with Crippen LogP contribution >= 0.6 is 11.6 Å². The number of ketones is 1. The predicted molar refractivity (Wildman–Crippen MR) is 67.4 cm³/mol. The minimum absolute atomic E-state index is 0.0607. The zero-order chi connectivity index (χ0) is 12.6. The molecule has 0 aromatic heterocycles. The topological polar surface area (TPSA) is 17.1 Å². The van der Waals surface area contributed by atoms with Crippen molar-refractivity contribution >= 4 is 23.0 Å². The third-order valence-electron chi connectivity index (χ3n) is 2.93. The van der Waals surface area contributed by atoms with Crippen molar-refractivity contribution in [1.29, 1.82) is 0 Å². The summed E-state index contributed by atoms with van der Waals surface area (Å²) in [6.45, 7) is 4.04. The Morgan fingerprint density at radius 3 is 2.59 bits per heavy atom. The van der Waals surface area contributed by atoms with Gasteiger partial charge in [0.05, 0.1) is 0 Å². The maximum atomic E-state index is 13.8. The highest BCUT2D eigenvalue weighted by Gasteiger charge is 2.28. The Kier molecular flexibility index (Phi) is 3.09. The minimum atomic E-state index is -0.366. The number of benzene rings is 1. The van der Waals surface area contributed by atoms with E-state index in [0.29, 0.717) is 23.4 Å². The second kappa shape index (κ2) is 4.26. The molecule has 1 aromatic rings. The van der Waals surface area contributed by atoms with Gasteiger partial charge in [-0.1, -0.05) is 31.5 Å². The van der Waals surface area contributed by atoms with E-state index < -0.39 is 0 Å². The fraction of sp³-hybridized carbons (Fsp3) is 0.357. The van der Waals surface area contributed by atoms with Crippen molar-refractivity contribution in [2.75, 3.05) is 0 Å². The molecule has 0 fully saturated rings. The fourth-order valence-electron chi connectivity index (χ4n) is 2.27. The van der Waals surface area contributed by atoms with Crippen LogP contribution in [0.5, 0.6) is 0 Å². The van der Waals surface area contributed by atoms with Crippen LogP contribution in [0.1, 0.15) is 32.3 Å². The van der Waals surface area contributed by atoms with Crippen molar-refractivity contribution in [2.45, 2.75) is 26.7 Å². The van der Waals surface area contributed by atoms with Gasteiger partial charge in [-0.15, -0.1) is 0 Å². The molecule has 1 aliphatic rings. The van der Waals surface area contributed by atoms with Gasteiger partial charge in [-0.05, 0) is 35.6 Å². The Morgan fingerprint density at radius 1 is 1.29 bits per heavy atom. The third kappa shape index (κ3) is 2.75. The van der Waals surface area contributed by atoms with E-state index in [9.17, 15) is 9.18 Å². The van der Waals surface area contributed by atoms with Crippen molar-refractivity contribution in [3.63, 3.8) is 0 Å². The lowest BCUT2D eigenvalue weighted by atomic mass is 9.75. The lowest BCUT2D eigenvalue weighted by molar-refractivity contribution is -0.116. The van der Waals surface area contributed by atoms with Gasteiger partial charge in [-0.25, -0.2) is 4.39 Å². The molecule has 0 unspecified atom stereocenters. The molecule has 0 amide bonds. The Balaban J connectivity index is 2.43. The Morgan fingerprint density at radius 2 is 2.00 bits per heavy atom. The summed E-state index contributed by atoms with van der Waals surface area (Å²) in [6.07, 6.45) is 2.78. The number of rotatable bonds is 1. The third-order valence-corrected chi connectivity index (χ3v) is 3.17. The summed E-state index contributed by atoms with van der Waals surface area (Å²) in [6, 6.07) is 4.56. The highest BCUT2D eigenvalue weighted by Crippen LogP contribution is 2.38. The molecule has 0 aliphatic heterocycles.